The number of hydrogen-bond donors (Lipinski definition) is 0. The summed E-state index contributed by atoms with van der Waals surface area (Å²) in [6, 6.07) is 10.6. The Bertz CT molecular complexity index is 1100. The smallest absolute Gasteiger partial charge is 0.186 e. The van der Waals surface area contributed by atoms with Gasteiger partial charge in [0, 0.05) is 26.2 Å². The molecule has 2 aromatic heterocycles. The van der Waals surface area contributed by atoms with Crippen LogP contribution in [0.1, 0.15) is 0 Å². The second-order valence-corrected chi connectivity index (χ2v) is 8.59. The van der Waals surface area contributed by atoms with Crippen molar-refractivity contribution in [2.24, 2.45) is 0 Å². The number of anilines is 2. The van der Waals surface area contributed by atoms with Crippen LogP contribution in [0.3, 0.4) is 0 Å². The van der Waals surface area contributed by atoms with E-state index in [1.165, 1.54) is 6.07 Å². The van der Waals surface area contributed by atoms with E-state index in [2.05, 4.69) is 20.9 Å². The van der Waals surface area contributed by atoms with E-state index in [1.807, 2.05) is 12.1 Å². The van der Waals surface area contributed by atoms with Crippen molar-refractivity contribution in [3.05, 3.63) is 47.2 Å². The molecule has 0 radical (unpaired) electrons. The van der Waals surface area contributed by atoms with E-state index in [0.717, 1.165) is 56.9 Å². The third-order valence-corrected chi connectivity index (χ3v) is 6.98. The molecule has 0 bridgehead atoms. The minimum atomic E-state index is -0.216. The second-order valence-electron chi connectivity index (χ2n) is 6.17. The van der Waals surface area contributed by atoms with Crippen LogP contribution in [0.5, 0.6) is 0 Å². The van der Waals surface area contributed by atoms with Crippen LogP contribution in [0.4, 0.5) is 14.7 Å². The fourth-order valence-electron chi connectivity index (χ4n) is 3.15. The van der Waals surface area contributed by atoms with Gasteiger partial charge in [-0.25, -0.2) is 14.4 Å². The van der Waals surface area contributed by atoms with E-state index < -0.39 is 0 Å². The topological polar surface area (TPSA) is 32.3 Å². The summed E-state index contributed by atoms with van der Waals surface area (Å²) < 4.78 is 15.4. The number of benzene rings is 2. The van der Waals surface area contributed by atoms with Crippen LogP contribution in [-0.4, -0.2) is 36.1 Å². The summed E-state index contributed by atoms with van der Waals surface area (Å²) in [6.45, 7) is 3.49. The zero-order chi connectivity index (χ0) is 17.7. The lowest BCUT2D eigenvalue weighted by Gasteiger charge is -2.34. The third-order valence-electron chi connectivity index (χ3n) is 4.52. The molecule has 0 unspecified atom stereocenters. The van der Waals surface area contributed by atoms with Crippen molar-refractivity contribution in [3.63, 3.8) is 0 Å². The van der Waals surface area contributed by atoms with Crippen LogP contribution in [0, 0.1) is 5.82 Å². The number of thiazole rings is 2. The maximum absolute atomic E-state index is 13.4. The highest BCUT2D eigenvalue weighted by Crippen LogP contribution is 2.34. The first-order valence-corrected chi connectivity index (χ1v) is 10.3. The van der Waals surface area contributed by atoms with E-state index in [0.29, 0.717) is 5.02 Å². The molecule has 1 saturated heterocycles. The van der Waals surface area contributed by atoms with Crippen LogP contribution in [0.25, 0.3) is 20.4 Å². The maximum Gasteiger partial charge on any atom is 0.186 e. The molecule has 26 heavy (non-hydrogen) atoms. The Morgan fingerprint density at radius 1 is 0.885 bits per heavy atom. The molecule has 0 aliphatic carbocycles. The lowest BCUT2D eigenvalue weighted by molar-refractivity contribution is 0.630. The summed E-state index contributed by atoms with van der Waals surface area (Å²) in [5, 5.41) is 2.67. The number of piperazine rings is 1. The molecule has 4 aromatic rings. The number of hydrogen-bond acceptors (Lipinski definition) is 6. The number of aromatic nitrogens is 2. The Kier molecular flexibility index (Phi) is 3.95. The van der Waals surface area contributed by atoms with Gasteiger partial charge < -0.3 is 9.80 Å². The molecule has 1 aliphatic rings. The number of rotatable bonds is 2. The monoisotopic (exact) mass is 404 g/mol. The summed E-state index contributed by atoms with van der Waals surface area (Å²) in [5.41, 5.74) is 1.74. The number of halogens is 2. The lowest BCUT2D eigenvalue weighted by atomic mass is 10.3. The van der Waals surface area contributed by atoms with Gasteiger partial charge in [-0.1, -0.05) is 40.3 Å². The highest BCUT2D eigenvalue weighted by Gasteiger charge is 2.22. The standard InChI is InChI=1S/C18H14ClFN4S2/c19-12-2-1-3-14-16(12)22-18(25-14)24-8-6-23(7-9-24)17-21-13-5-4-11(20)10-15(13)26-17/h1-5,10H,6-9H2. The largest absolute Gasteiger partial charge is 0.345 e. The molecular weight excluding hydrogens is 391 g/mol. The maximum atomic E-state index is 13.4. The van der Waals surface area contributed by atoms with Gasteiger partial charge in [0.25, 0.3) is 0 Å². The van der Waals surface area contributed by atoms with Gasteiger partial charge in [0.1, 0.15) is 11.3 Å². The van der Waals surface area contributed by atoms with E-state index in [4.69, 9.17) is 16.6 Å². The molecule has 0 saturated carbocycles. The Labute approximate surface area is 162 Å². The van der Waals surface area contributed by atoms with Crippen molar-refractivity contribution < 1.29 is 4.39 Å². The van der Waals surface area contributed by atoms with E-state index in [-0.39, 0.29) is 5.82 Å². The SMILES string of the molecule is Fc1ccc2nc(N3CCN(c4nc5c(Cl)cccc5s4)CC3)sc2c1. The molecule has 1 fully saturated rings. The Balaban J connectivity index is 1.35. The van der Waals surface area contributed by atoms with Gasteiger partial charge >= 0.3 is 0 Å². The Hall–Kier alpha value is -1.96. The summed E-state index contributed by atoms with van der Waals surface area (Å²) in [6.07, 6.45) is 0. The molecule has 8 heteroatoms. The first-order valence-electron chi connectivity index (χ1n) is 8.28. The highest BCUT2D eigenvalue weighted by molar-refractivity contribution is 7.22. The van der Waals surface area contributed by atoms with Crippen LogP contribution < -0.4 is 9.80 Å². The Morgan fingerprint density at radius 2 is 1.58 bits per heavy atom. The fraction of sp³-hybridized carbons (Fsp3) is 0.222. The van der Waals surface area contributed by atoms with Gasteiger partial charge in [-0.05, 0) is 30.3 Å². The van der Waals surface area contributed by atoms with Crippen LogP contribution in [0.15, 0.2) is 36.4 Å². The number of nitrogens with zero attached hydrogens (tertiary/aromatic N) is 4. The predicted molar refractivity (Wildman–Crippen MR) is 109 cm³/mol. The molecule has 5 rings (SSSR count). The quantitative estimate of drug-likeness (QED) is 0.469. The van der Waals surface area contributed by atoms with Crippen molar-refractivity contribution in [2.75, 3.05) is 36.0 Å². The molecule has 3 heterocycles. The molecule has 0 amide bonds. The van der Waals surface area contributed by atoms with Gasteiger partial charge in [0.05, 0.1) is 19.9 Å². The molecule has 4 nitrogen and oxygen atoms in total. The number of fused-ring (bicyclic) bond motifs is 2. The molecule has 0 N–H and O–H groups in total. The molecule has 0 spiro atoms. The molecule has 0 atom stereocenters. The average Bonchev–Trinajstić information content (AvgIpc) is 3.26. The molecule has 2 aromatic carbocycles. The lowest BCUT2D eigenvalue weighted by Crippen LogP contribution is -2.46. The van der Waals surface area contributed by atoms with Crippen LogP contribution in [-0.2, 0) is 0 Å². The fourth-order valence-corrected chi connectivity index (χ4v) is 5.51. The van der Waals surface area contributed by atoms with E-state index >= 15 is 0 Å². The number of para-hydroxylation sites is 1. The van der Waals surface area contributed by atoms with Crippen molar-refractivity contribution in [1.82, 2.24) is 9.97 Å². The van der Waals surface area contributed by atoms with Crippen molar-refractivity contribution in [3.8, 4) is 0 Å². The first kappa shape index (κ1) is 16.2. The minimum absolute atomic E-state index is 0.216. The van der Waals surface area contributed by atoms with Crippen molar-refractivity contribution in [1.29, 1.82) is 0 Å². The summed E-state index contributed by atoms with van der Waals surface area (Å²) in [5.74, 6) is -0.216. The van der Waals surface area contributed by atoms with Gasteiger partial charge in [-0.2, -0.15) is 0 Å². The zero-order valence-corrected chi connectivity index (χ0v) is 16.0. The third kappa shape index (κ3) is 2.80. The van der Waals surface area contributed by atoms with Gasteiger partial charge in [-0.3, -0.25) is 0 Å². The summed E-state index contributed by atoms with van der Waals surface area (Å²) in [4.78, 5) is 13.9. The van der Waals surface area contributed by atoms with E-state index in [1.54, 1.807) is 34.8 Å². The molecule has 132 valence electrons. The van der Waals surface area contributed by atoms with Crippen LogP contribution in [0.2, 0.25) is 5.02 Å². The molecule has 1 aliphatic heterocycles. The minimum Gasteiger partial charge on any atom is -0.345 e. The Morgan fingerprint density at radius 3 is 2.31 bits per heavy atom. The summed E-state index contributed by atoms with van der Waals surface area (Å²) >= 11 is 9.47. The van der Waals surface area contributed by atoms with Crippen molar-refractivity contribution in [2.45, 2.75) is 0 Å². The normalized spacial score (nSPS) is 15.3. The van der Waals surface area contributed by atoms with Gasteiger partial charge in [0.15, 0.2) is 10.3 Å². The predicted octanol–water partition coefficient (Wildman–Crippen LogP) is 5.03. The highest BCUT2D eigenvalue weighted by atomic mass is 35.5. The second kappa shape index (κ2) is 6.33. The van der Waals surface area contributed by atoms with Gasteiger partial charge in [-0.15, -0.1) is 0 Å². The van der Waals surface area contributed by atoms with Crippen LogP contribution >= 0.6 is 34.3 Å². The van der Waals surface area contributed by atoms with Crippen molar-refractivity contribution >= 4 is 65.0 Å². The van der Waals surface area contributed by atoms with Gasteiger partial charge in [0.2, 0.25) is 0 Å². The average molecular weight is 405 g/mol. The molecular formula is C18H14ClFN4S2. The van der Waals surface area contributed by atoms with E-state index in [9.17, 15) is 4.39 Å². The summed E-state index contributed by atoms with van der Waals surface area (Å²) in [7, 11) is 0. The first-order chi connectivity index (χ1) is 12.7. The zero-order valence-electron chi connectivity index (χ0n) is 13.7.